The molecule has 2 amide bonds. The number of halogens is 2. The van der Waals surface area contributed by atoms with Gasteiger partial charge in [0.2, 0.25) is 21.8 Å². The molecule has 0 aliphatic carbocycles. The van der Waals surface area contributed by atoms with E-state index in [1.165, 1.54) is 12.1 Å². The molecule has 1 aliphatic heterocycles. The van der Waals surface area contributed by atoms with Gasteiger partial charge < -0.3 is 5.73 Å². The molecule has 3 N–H and O–H groups in total. The molecule has 108 valence electrons. The molecule has 7 nitrogen and oxygen atoms in total. The Morgan fingerprint density at radius 1 is 1.25 bits per heavy atom. The molecule has 10 heteroatoms. The Labute approximate surface area is 128 Å². The van der Waals surface area contributed by atoms with Crippen LogP contribution in [0.15, 0.2) is 21.5 Å². The molecule has 0 atom stereocenters. The maximum atomic E-state index is 12.5. The lowest BCUT2D eigenvalue weighted by molar-refractivity contribution is -0.134. The van der Waals surface area contributed by atoms with Crippen molar-refractivity contribution in [3.05, 3.63) is 21.6 Å². The van der Waals surface area contributed by atoms with E-state index in [4.69, 9.17) is 17.3 Å². The number of anilines is 1. The van der Waals surface area contributed by atoms with Crippen LogP contribution in [-0.4, -0.2) is 37.6 Å². The number of nitrogens with two attached hydrogens (primary N) is 1. The molecule has 0 bridgehead atoms. The number of carbonyl (C=O) groups is 2. The van der Waals surface area contributed by atoms with Crippen LogP contribution in [-0.2, 0) is 19.6 Å². The smallest absolute Gasteiger partial charge is 0.245 e. The summed E-state index contributed by atoms with van der Waals surface area (Å²) in [5, 5.41) is 2.16. The number of benzene rings is 1. The van der Waals surface area contributed by atoms with Crippen LogP contribution in [0.5, 0.6) is 0 Å². The molecule has 1 fully saturated rings. The van der Waals surface area contributed by atoms with Gasteiger partial charge in [0.1, 0.15) is 0 Å². The fourth-order valence-electron chi connectivity index (χ4n) is 1.69. The normalized spacial score (nSPS) is 17.1. The fraction of sp³-hybridized carbons (Fsp3) is 0.200. The number of imide groups is 1. The van der Waals surface area contributed by atoms with Crippen molar-refractivity contribution in [2.75, 3.05) is 18.8 Å². The number of carbonyl (C=O) groups excluding carboxylic acids is 2. The zero-order valence-corrected chi connectivity index (χ0v) is 13.0. The Morgan fingerprint density at radius 3 is 2.35 bits per heavy atom. The van der Waals surface area contributed by atoms with Crippen LogP contribution in [0.1, 0.15) is 0 Å². The van der Waals surface area contributed by atoms with Crippen molar-refractivity contribution in [1.82, 2.24) is 9.62 Å². The Kier molecular flexibility index (Phi) is 4.05. The summed E-state index contributed by atoms with van der Waals surface area (Å²) in [4.78, 5) is 22.4. The number of nitrogens with zero attached hydrogens (tertiary/aromatic N) is 1. The molecular formula is C10H9BrClN3O4S. The maximum absolute atomic E-state index is 12.5. The van der Waals surface area contributed by atoms with Crippen molar-refractivity contribution < 1.29 is 18.0 Å². The van der Waals surface area contributed by atoms with Gasteiger partial charge in [-0.2, -0.15) is 4.31 Å². The van der Waals surface area contributed by atoms with E-state index in [1.54, 1.807) is 0 Å². The molecule has 1 saturated heterocycles. The van der Waals surface area contributed by atoms with Gasteiger partial charge in [-0.25, -0.2) is 8.42 Å². The second kappa shape index (κ2) is 5.32. The van der Waals surface area contributed by atoms with E-state index < -0.39 is 34.9 Å². The summed E-state index contributed by atoms with van der Waals surface area (Å²) < 4.78 is 25.8. The van der Waals surface area contributed by atoms with Crippen LogP contribution in [0, 0.1) is 0 Å². The van der Waals surface area contributed by atoms with Gasteiger partial charge >= 0.3 is 0 Å². The molecule has 1 aromatic rings. The second-order valence-corrected chi connectivity index (χ2v) is 7.19. The van der Waals surface area contributed by atoms with Gasteiger partial charge in [-0.1, -0.05) is 11.6 Å². The fourth-order valence-corrected chi connectivity index (χ4v) is 4.30. The summed E-state index contributed by atoms with van der Waals surface area (Å²) in [7, 11) is -4.06. The third-order valence-corrected chi connectivity index (χ3v) is 5.75. The van der Waals surface area contributed by atoms with E-state index in [0.29, 0.717) is 0 Å². The molecule has 1 heterocycles. The molecule has 0 unspecified atom stereocenters. The molecule has 0 radical (unpaired) electrons. The Morgan fingerprint density at radius 2 is 1.80 bits per heavy atom. The van der Waals surface area contributed by atoms with Crippen molar-refractivity contribution in [1.29, 1.82) is 0 Å². The third kappa shape index (κ3) is 2.80. The summed E-state index contributed by atoms with van der Waals surface area (Å²) in [5.74, 6) is -1.37. The average molecular weight is 383 g/mol. The highest BCUT2D eigenvalue weighted by Gasteiger charge is 2.34. The minimum absolute atomic E-state index is 0.136. The number of nitrogen functional groups attached to an aromatic ring is 1. The highest BCUT2D eigenvalue weighted by atomic mass is 79.9. The quantitative estimate of drug-likeness (QED) is 0.566. The molecule has 1 aromatic carbocycles. The van der Waals surface area contributed by atoms with Gasteiger partial charge in [0, 0.05) is 10.7 Å². The predicted octanol–water partition coefficient (Wildman–Crippen LogP) is 0.332. The summed E-state index contributed by atoms with van der Waals surface area (Å²) in [6.45, 7) is -0.875. The van der Waals surface area contributed by atoms with Crippen LogP contribution in [0.2, 0.25) is 5.02 Å². The van der Waals surface area contributed by atoms with Gasteiger partial charge in [-0.05, 0) is 28.1 Å². The first kappa shape index (κ1) is 15.2. The highest BCUT2D eigenvalue weighted by Crippen LogP contribution is 2.33. The zero-order chi connectivity index (χ0) is 15.1. The Hall–Kier alpha value is -1.16. The topological polar surface area (TPSA) is 110 Å². The van der Waals surface area contributed by atoms with Crippen molar-refractivity contribution in [2.24, 2.45) is 0 Å². The van der Waals surface area contributed by atoms with E-state index in [-0.39, 0.29) is 20.1 Å². The Balaban J connectivity index is 2.50. The number of sulfonamides is 1. The summed E-state index contributed by atoms with van der Waals surface area (Å²) >= 11 is 8.87. The standard InChI is InChI=1S/C10H9BrClN3O4S/c11-10-6(13)1-5(12)2-7(10)20(18,19)15-3-8(16)14-9(17)4-15/h1-2H,3-4,13H2,(H,14,16,17). The maximum Gasteiger partial charge on any atom is 0.245 e. The minimum Gasteiger partial charge on any atom is -0.398 e. The molecule has 1 aliphatic rings. The average Bonchev–Trinajstić information content (AvgIpc) is 2.32. The third-order valence-electron chi connectivity index (χ3n) is 2.57. The van der Waals surface area contributed by atoms with Crippen LogP contribution in [0.3, 0.4) is 0 Å². The van der Waals surface area contributed by atoms with Crippen molar-refractivity contribution in [3.8, 4) is 0 Å². The first-order valence-corrected chi connectivity index (χ1v) is 7.90. The summed E-state index contributed by atoms with van der Waals surface area (Å²) in [6.07, 6.45) is 0. The zero-order valence-electron chi connectivity index (χ0n) is 9.89. The van der Waals surface area contributed by atoms with Crippen LogP contribution < -0.4 is 11.1 Å². The number of hydrogen-bond donors (Lipinski definition) is 2. The summed E-state index contributed by atoms with van der Waals surface area (Å²) in [5.41, 5.74) is 5.78. The van der Waals surface area contributed by atoms with E-state index >= 15 is 0 Å². The monoisotopic (exact) mass is 381 g/mol. The first-order chi connectivity index (χ1) is 9.21. The first-order valence-electron chi connectivity index (χ1n) is 5.29. The van der Waals surface area contributed by atoms with Gasteiger partial charge in [0.15, 0.2) is 0 Å². The van der Waals surface area contributed by atoms with E-state index in [1.807, 2.05) is 5.32 Å². The van der Waals surface area contributed by atoms with Crippen LogP contribution in [0.4, 0.5) is 5.69 Å². The SMILES string of the molecule is Nc1cc(Cl)cc(S(=O)(=O)N2CC(=O)NC(=O)C2)c1Br. The molecule has 2 rings (SSSR count). The van der Waals surface area contributed by atoms with E-state index in [0.717, 1.165) is 4.31 Å². The molecule has 0 aromatic heterocycles. The van der Waals surface area contributed by atoms with Crippen LogP contribution in [0.25, 0.3) is 0 Å². The number of nitrogens with one attached hydrogen (secondary N) is 1. The highest BCUT2D eigenvalue weighted by molar-refractivity contribution is 9.10. The van der Waals surface area contributed by atoms with Gasteiger partial charge in [0.05, 0.1) is 22.5 Å². The number of piperazine rings is 1. The van der Waals surface area contributed by atoms with Gasteiger partial charge in [-0.15, -0.1) is 0 Å². The minimum atomic E-state index is -4.06. The molecule has 0 spiro atoms. The Bertz CT molecular complexity index is 691. The number of hydrogen-bond acceptors (Lipinski definition) is 5. The molecule has 0 saturated carbocycles. The van der Waals surface area contributed by atoms with Crippen LogP contribution >= 0.6 is 27.5 Å². The van der Waals surface area contributed by atoms with Crippen molar-refractivity contribution >= 4 is 55.1 Å². The number of amides is 2. The molecule has 20 heavy (non-hydrogen) atoms. The van der Waals surface area contributed by atoms with E-state index in [9.17, 15) is 18.0 Å². The molecular weight excluding hydrogens is 374 g/mol. The largest absolute Gasteiger partial charge is 0.398 e. The number of rotatable bonds is 2. The lowest BCUT2D eigenvalue weighted by Crippen LogP contribution is -2.53. The van der Waals surface area contributed by atoms with E-state index in [2.05, 4.69) is 15.9 Å². The predicted molar refractivity (Wildman–Crippen MR) is 75.5 cm³/mol. The van der Waals surface area contributed by atoms with Crippen molar-refractivity contribution in [2.45, 2.75) is 4.90 Å². The van der Waals surface area contributed by atoms with Gasteiger partial charge in [0.25, 0.3) is 0 Å². The second-order valence-electron chi connectivity index (χ2n) is 4.05. The van der Waals surface area contributed by atoms with Crippen molar-refractivity contribution in [3.63, 3.8) is 0 Å². The van der Waals surface area contributed by atoms with Gasteiger partial charge in [-0.3, -0.25) is 14.9 Å². The lowest BCUT2D eigenvalue weighted by Gasteiger charge is -2.25. The summed E-state index contributed by atoms with van der Waals surface area (Å²) in [6, 6.07) is 2.59. The lowest BCUT2D eigenvalue weighted by atomic mass is 10.3.